The van der Waals surface area contributed by atoms with Crippen LogP contribution < -0.4 is 16.0 Å². The molecule has 1 saturated heterocycles. The van der Waals surface area contributed by atoms with Gasteiger partial charge in [-0.2, -0.15) is 0 Å². The third kappa shape index (κ3) is 2.69. The van der Waals surface area contributed by atoms with Crippen molar-refractivity contribution >= 4 is 22.9 Å². The second-order valence-corrected chi connectivity index (χ2v) is 5.44. The summed E-state index contributed by atoms with van der Waals surface area (Å²) in [7, 11) is 0. The van der Waals surface area contributed by atoms with Crippen molar-refractivity contribution < 1.29 is 0 Å². The highest BCUT2D eigenvalue weighted by molar-refractivity contribution is 5.72. The van der Waals surface area contributed by atoms with E-state index in [2.05, 4.69) is 33.2 Å². The molecule has 116 valence electrons. The molecule has 0 aromatic carbocycles. The van der Waals surface area contributed by atoms with E-state index in [0.29, 0.717) is 5.82 Å². The molecular formula is C16H22N6. The molecule has 2 aromatic rings. The number of rotatable bonds is 3. The predicted octanol–water partition coefficient (Wildman–Crippen LogP) is 1.70. The van der Waals surface area contributed by atoms with Crippen molar-refractivity contribution in [3.05, 3.63) is 36.3 Å². The summed E-state index contributed by atoms with van der Waals surface area (Å²) in [6.07, 6.45) is 9.86. The number of nitrogen functional groups attached to an aromatic ring is 1. The molecule has 1 aliphatic heterocycles. The third-order valence-corrected chi connectivity index (χ3v) is 3.85. The summed E-state index contributed by atoms with van der Waals surface area (Å²) in [4.78, 5) is 11.4. The number of aromatic nitrogens is 3. The monoisotopic (exact) mass is 298 g/mol. The molecule has 0 bridgehead atoms. The number of anilines is 2. The van der Waals surface area contributed by atoms with Gasteiger partial charge in [-0.1, -0.05) is 18.2 Å². The lowest BCUT2D eigenvalue weighted by molar-refractivity contribution is 0.585. The second-order valence-electron chi connectivity index (χ2n) is 5.44. The Hall–Kier alpha value is -2.34. The fourth-order valence-corrected chi connectivity index (χ4v) is 2.70. The molecular weight excluding hydrogens is 276 g/mol. The Kier molecular flexibility index (Phi) is 4.11. The molecule has 0 aliphatic carbocycles. The van der Waals surface area contributed by atoms with Crippen LogP contribution in [-0.2, 0) is 0 Å². The van der Waals surface area contributed by atoms with Crippen LogP contribution >= 0.6 is 0 Å². The molecule has 1 aliphatic rings. The molecule has 6 nitrogen and oxygen atoms in total. The highest BCUT2D eigenvalue weighted by Crippen LogP contribution is 2.24. The first-order chi connectivity index (χ1) is 10.7. The normalized spacial score (nSPS) is 16.8. The maximum Gasteiger partial charge on any atom is 0.182 e. The van der Waals surface area contributed by atoms with Gasteiger partial charge < -0.3 is 16.0 Å². The lowest BCUT2D eigenvalue weighted by Gasteiger charge is -2.28. The minimum Gasteiger partial charge on any atom is -0.382 e. The van der Waals surface area contributed by atoms with Crippen LogP contribution in [0, 0.1) is 0 Å². The molecule has 0 atom stereocenters. The van der Waals surface area contributed by atoms with E-state index in [0.717, 1.165) is 48.9 Å². The highest BCUT2D eigenvalue weighted by Gasteiger charge is 2.18. The average molecular weight is 298 g/mol. The number of hydrogen-bond acceptors (Lipinski definition) is 5. The zero-order chi connectivity index (χ0) is 15.5. The number of fused-ring (bicyclic) bond motifs is 1. The molecule has 0 radical (unpaired) electrons. The number of hydrogen-bond donors (Lipinski definition) is 2. The van der Waals surface area contributed by atoms with Gasteiger partial charge in [-0.25, -0.2) is 9.97 Å². The van der Waals surface area contributed by atoms with E-state index in [9.17, 15) is 0 Å². The molecule has 0 spiro atoms. The van der Waals surface area contributed by atoms with E-state index in [4.69, 9.17) is 5.73 Å². The van der Waals surface area contributed by atoms with Crippen LogP contribution in [0.4, 0.5) is 11.6 Å². The van der Waals surface area contributed by atoms with Gasteiger partial charge in [0.2, 0.25) is 0 Å². The lowest BCUT2D eigenvalue weighted by atomic mass is 10.2. The molecule has 1 fully saturated rings. The van der Waals surface area contributed by atoms with Crippen molar-refractivity contribution in [3.8, 4) is 0 Å². The van der Waals surface area contributed by atoms with E-state index in [1.807, 2.05) is 35.9 Å². The quantitative estimate of drug-likeness (QED) is 0.844. The Morgan fingerprint density at radius 1 is 1.36 bits per heavy atom. The number of nitrogens with one attached hydrogen (secondary N) is 1. The fourth-order valence-electron chi connectivity index (χ4n) is 2.70. The van der Waals surface area contributed by atoms with E-state index in [1.54, 1.807) is 0 Å². The predicted molar refractivity (Wildman–Crippen MR) is 90.9 cm³/mol. The summed E-state index contributed by atoms with van der Waals surface area (Å²) in [5.74, 6) is 1.42. The van der Waals surface area contributed by atoms with Gasteiger partial charge in [-0.15, -0.1) is 0 Å². The van der Waals surface area contributed by atoms with Crippen LogP contribution in [0.25, 0.3) is 11.2 Å². The number of nitrogens with two attached hydrogens (primary N) is 1. The van der Waals surface area contributed by atoms with Crippen LogP contribution in [0.3, 0.4) is 0 Å². The van der Waals surface area contributed by atoms with Crippen LogP contribution in [0.1, 0.15) is 19.5 Å². The van der Waals surface area contributed by atoms with Crippen molar-refractivity contribution in [2.24, 2.45) is 0 Å². The summed E-state index contributed by atoms with van der Waals surface area (Å²) >= 11 is 0. The second kappa shape index (κ2) is 6.19. The summed E-state index contributed by atoms with van der Waals surface area (Å²) < 4.78 is 2.04. The average Bonchev–Trinajstić information content (AvgIpc) is 2.93. The summed E-state index contributed by atoms with van der Waals surface area (Å²) in [5.41, 5.74) is 8.89. The Bertz CT molecular complexity index is 722. The number of imidazole rings is 1. The maximum atomic E-state index is 5.93. The Morgan fingerprint density at radius 3 is 2.86 bits per heavy atom. The Morgan fingerprint density at radius 2 is 2.14 bits per heavy atom. The maximum absolute atomic E-state index is 5.93. The molecule has 0 unspecified atom stereocenters. The molecule has 3 heterocycles. The highest BCUT2D eigenvalue weighted by atomic mass is 15.3. The van der Waals surface area contributed by atoms with Crippen LogP contribution in [0.2, 0.25) is 0 Å². The third-order valence-electron chi connectivity index (χ3n) is 3.85. The van der Waals surface area contributed by atoms with Crippen molar-refractivity contribution in [1.82, 2.24) is 19.7 Å². The summed E-state index contributed by atoms with van der Waals surface area (Å²) in [5, 5.41) is 3.35. The largest absolute Gasteiger partial charge is 0.382 e. The van der Waals surface area contributed by atoms with Crippen molar-refractivity contribution in [2.45, 2.75) is 13.8 Å². The summed E-state index contributed by atoms with van der Waals surface area (Å²) in [6.45, 7) is 7.86. The topological polar surface area (TPSA) is 71.5 Å². The minimum atomic E-state index is 0.518. The molecule has 0 amide bonds. The molecule has 2 aromatic heterocycles. The van der Waals surface area contributed by atoms with Crippen molar-refractivity contribution in [2.75, 3.05) is 36.8 Å². The molecule has 3 rings (SSSR count). The van der Waals surface area contributed by atoms with Gasteiger partial charge in [-0.3, -0.25) is 4.40 Å². The van der Waals surface area contributed by atoms with Crippen LogP contribution in [0.5, 0.6) is 0 Å². The van der Waals surface area contributed by atoms with Crippen LogP contribution in [0.15, 0.2) is 30.6 Å². The van der Waals surface area contributed by atoms with E-state index < -0.39 is 0 Å². The summed E-state index contributed by atoms with van der Waals surface area (Å²) in [6, 6.07) is 0. The SMILES string of the molecule is C/C=C\C=C(/C)c1cnc(N2CCNCC2)c2nc(N)cn12. The van der Waals surface area contributed by atoms with Gasteiger partial charge in [0.15, 0.2) is 11.5 Å². The van der Waals surface area contributed by atoms with Gasteiger partial charge in [0.25, 0.3) is 0 Å². The Labute approximate surface area is 130 Å². The number of nitrogens with zero attached hydrogens (tertiary/aromatic N) is 4. The molecule has 0 saturated carbocycles. The molecule has 3 N–H and O–H groups in total. The smallest absolute Gasteiger partial charge is 0.182 e. The van der Waals surface area contributed by atoms with Gasteiger partial charge in [0, 0.05) is 26.2 Å². The first-order valence-electron chi connectivity index (χ1n) is 7.60. The van der Waals surface area contributed by atoms with Crippen molar-refractivity contribution in [1.29, 1.82) is 0 Å². The van der Waals surface area contributed by atoms with E-state index >= 15 is 0 Å². The van der Waals surface area contributed by atoms with Crippen molar-refractivity contribution in [3.63, 3.8) is 0 Å². The van der Waals surface area contributed by atoms with E-state index in [1.165, 1.54) is 0 Å². The van der Waals surface area contributed by atoms with Gasteiger partial charge in [0.05, 0.1) is 18.1 Å². The standard InChI is InChI=1S/C16H22N6/c1-3-4-5-12(2)13-10-19-15(21-8-6-18-7-9-21)16-20-14(17)11-22(13)16/h3-5,10-11,18H,6-9,17H2,1-2H3/b4-3-,12-5+. The van der Waals surface area contributed by atoms with E-state index in [-0.39, 0.29) is 0 Å². The molecule has 22 heavy (non-hydrogen) atoms. The van der Waals surface area contributed by atoms with Gasteiger partial charge in [-0.05, 0) is 19.4 Å². The number of piperazine rings is 1. The zero-order valence-electron chi connectivity index (χ0n) is 13.1. The first-order valence-corrected chi connectivity index (χ1v) is 7.60. The van der Waals surface area contributed by atoms with Gasteiger partial charge in [0.1, 0.15) is 5.82 Å². The molecule has 6 heteroatoms. The Balaban J connectivity index is 2.10. The fraction of sp³-hybridized carbons (Fsp3) is 0.375. The first kappa shape index (κ1) is 14.6. The minimum absolute atomic E-state index is 0.518. The number of allylic oxidation sites excluding steroid dienone is 4. The van der Waals surface area contributed by atoms with Gasteiger partial charge >= 0.3 is 0 Å². The van der Waals surface area contributed by atoms with Crippen LogP contribution in [-0.4, -0.2) is 40.5 Å². The lowest BCUT2D eigenvalue weighted by Crippen LogP contribution is -2.44. The zero-order valence-corrected chi connectivity index (χ0v) is 13.1.